The topological polar surface area (TPSA) is 304 Å². The predicted octanol–water partition coefficient (Wildman–Crippen LogP) is 7.72. The number of carbonyl (C=O) groups excluding carboxylic acids is 6. The van der Waals surface area contributed by atoms with Crippen LogP contribution in [0.3, 0.4) is 0 Å². The number of ether oxygens (including phenoxy) is 5. The van der Waals surface area contributed by atoms with Crippen LogP contribution in [0.4, 0.5) is 11.4 Å². The Bertz CT molecular complexity index is 3990. The van der Waals surface area contributed by atoms with Crippen LogP contribution in [0, 0.1) is 30.6 Å². The summed E-state index contributed by atoms with van der Waals surface area (Å²) >= 11 is 0. The van der Waals surface area contributed by atoms with Crippen LogP contribution in [0.5, 0.6) is 17.2 Å². The highest BCUT2D eigenvalue weighted by Gasteiger charge is 2.44. The number of hydrogen-bond donors (Lipinski definition) is 5. The molecule has 23 heteroatoms. The number of carbonyl (C=O) groups is 6. The van der Waals surface area contributed by atoms with Gasteiger partial charge in [0.15, 0.2) is 22.4 Å². The maximum absolute atomic E-state index is 15.1. The van der Waals surface area contributed by atoms with E-state index >= 15 is 4.79 Å². The van der Waals surface area contributed by atoms with Gasteiger partial charge in [-0.1, -0.05) is 45.9 Å². The fourth-order valence-corrected chi connectivity index (χ4v) is 12.2. The number of nitrogens with zero attached hydrogens (tertiary/aromatic N) is 4. The third kappa shape index (κ3) is 14.2. The highest BCUT2D eigenvalue weighted by Crippen LogP contribution is 2.42. The monoisotopic (exact) mass is 1240 g/mol. The molecule has 9 rings (SSSR count). The second-order valence-corrected chi connectivity index (χ2v) is 24.0. The number of fused-ring (bicyclic) bond motifs is 2. The largest absolute Gasteiger partial charge is 0.507 e. The number of phenols is 1. The van der Waals surface area contributed by atoms with Crippen molar-refractivity contribution in [2.45, 2.75) is 131 Å². The molecule has 4 aliphatic rings. The van der Waals surface area contributed by atoms with Gasteiger partial charge < -0.3 is 53.8 Å². The van der Waals surface area contributed by atoms with Crippen molar-refractivity contribution in [3.8, 4) is 17.2 Å². The van der Waals surface area contributed by atoms with Crippen LogP contribution < -0.4 is 46.5 Å². The van der Waals surface area contributed by atoms with Crippen molar-refractivity contribution >= 4 is 91.3 Å². The lowest BCUT2D eigenvalue weighted by Gasteiger charge is -2.34. The first kappa shape index (κ1) is 65.1. The van der Waals surface area contributed by atoms with E-state index in [1.807, 2.05) is 24.8 Å². The average Bonchev–Trinajstić information content (AvgIpc) is 1.34. The fourth-order valence-electron chi connectivity index (χ4n) is 12.2. The van der Waals surface area contributed by atoms with E-state index in [0.717, 1.165) is 35.5 Å². The Balaban J connectivity index is 0.928. The molecule has 4 bridgehead atoms. The number of aromatic hydroxyl groups is 1. The van der Waals surface area contributed by atoms with Gasteiger partial charge in [-0.15, -0.1) is 0 Å². The second kappa shape index (κ2) is 27.6. The number of aromatic nitrogens is 1. The quantitative estimate of drug-likeness (QED) is 0.0135. The number of hydrogen-bond acceptors (Lipinski definition) is 19. The first-order chi connectivity index (χ1) is 42.9. The molecular weight excluding hydrogens is 1160 g/mol. The molecule has 1 fully saturated rings. The van der Waals surface area contributed by atoms with Gasteiger partial charge in [-0.05, 0) is 107 Å². The molecule has 0 unspecified atom stereocenters. The van der Waals surface area contributed by atoms with Gasteiger partial charge in [0.1, 0.15) is 34.6 Å². The molecule has 5 N–H and O–H groups in total. The number of allylic oxidation sites excluding steroid dienone is 3. The van der Waals surface area contributed by atoms with E-state index in [9.17, 15) is 43.8 Å². The molecule has 0 saturated carbocycles. The van der Waals surface area contributed by atoms with Gasteiger partial charge >= 0.3 is 11.8 Å². The number of anilines is 2. The van der Waals surface area contributed by atoms with Crippen LogP contribution in [-0.4, -0.2) is 119 Å². The van der Waals surface area contributed by atoms with E-state index in [1.54, 1.807) is 62.4 Å². The smallest absolute Gasteiger partial charge is 0.307 e. The summed E-state index contributed by atoms with van der Waals surface area (Å²) in [5, 5.41) is 33.8. The first-order valence-electron chi connectivity index (χ1n) is 30.3. The van der Waals surface area contributed by atoms with Crippen LogP contribution in [0.1, 0.15) is 111 Å². The van der Waals surface area contributed by atoms with Crippen molar-refractivity contribution in [2.24, 2.45) is 28.8 Å². The molecule has 7 atom stereocenters. The van der Waals surface area contributed by atoms with E-state index < -0.39 is 70.0 Å². The predicted molar refractivity (Wildman–Crippen MR) is 338 cm³/mol. The number of phenolic OH excluding ortho intramolecular Hbond substituents is 1. The van der Waals surface area contributed by atoms with Gasteiger partial charge in [0.05, 0.1) is 35.3 Å². The van der Waals surface area contributed by atoms with Crippen molar-refractivity contribution < 1.29 is 67.1 Å². The summed E-state index contributed by atoms with van der Waals surface area (Å²) in [6, 6.07) is 9.96. The van der Waals surface area contributed by atoms with Gasteiger partial charge in [-0.3, -0.25) is 43.3 Å². The number of amides is 5. The number of aliphatic hydroxyl groups is 1. The van der Waals surface area contributed by atoms with E-state index in [-0.39, 0.29) is 122 Å². The maximum Gasteiger partial charge on any atom is 0.307 e. The summed E-state index contributed by atoms with van der Waals surface area (Å²) in [7, 11) is 1.52. The lowest BCUT2D eigenvalue weighted by atomic mass is 9.82. The molecule has 5 heterocycles. The average molecular weight is 1240 g/mol. The molecule has 0 aliphatic carbocycles. The summed E-state index contributed by atoms with van der Waals surface area (Å²) in [6.07, 6.45) is 12.6. The van der Waals surface area contributed by atoms with Gasteiger partial charge in [0.25, 0.3) is 17.7 Å². The fraction of sp³-hybridized carbons (Fsp3) is 0.433. The Hall–Kier alpha value is -9.38. The minimum absolute atomic E-state index is 0.0175. The summed E-state index contributed by atoms with van der Waals surface area (Å²) in [5.74, 6) is -5.26. The number of benzene rings is 4. The Morgan fingerprint density at radius 2 is 1.61 bits per heavy atom. The third-order valence-corrected chi connectivity index (χ3v) is 17.0. The number of nitrogens with one attached hydrogen (secondary N) is 3. The molecule has 0 spiro atoms. The van der Waals surface area contributed by atoms with E-state index in [4.69, 9.17) is 33.1 Å². The highest BCUT2D eigenvalue weighted by molar-refractivity contribution is 6.17. The minimum Gasteiger partial charge on any atom is -0.507 e. The number of methoxy groups -OCH3 is 1. The summed E-state index contributed by atoms with van der Waals surface area (Å²) < 4.78 is 36.9. The zero-order chi connectivity index (χ0) is 64.9. The standard InChI is InChI=1S/C67H77N7O16/c1-35-13-11-14-37(3)66(84)70-59-61(82)55-54(56-63(40(6)60(55)81)90-67(9,65(56)83)87-30-25-48(85-10)39(5)62(88-42(8)75)38(4)32-36(2)31-35)58-64(59)89-49-34-45(33-47(76)57(49)69-58)73-26-22-44(23-27-73)68-50(77)15-12-29-86-46-18-16-43(17-19-46)41(7)71-72-51(78)24-28-74-52(79)20-21-53(74)80/h11,13-14,16-21,25,30,33-36,38-39,44,48,62,81,83H,12,15,22-24,26-29,31-32H2,1-10H3,(H,68,77)(H,70,84)(H,72,78)/b13-11+,30-25+,37-14-,71-41+/t35-,36+,38+,39+,48-,62-,67-/m0/s1. The maximum atomic E-state index is 15.1. The Morgan fingerprint density at radius 1 is 0.900 bits per heavy atom. The molecule has 4 aliphatic heterocycles. The Labute approximate surface area is 519 Å². The van der Waals surface area contributed by atoms with Crippen LogP contribution in [-0.2, 0) is 43.0 Å². The van der Waals surface area contributed by atoms with Gasteiger partial charge in [-0.2, -0.15) is 5.10 Å². The number of esters is 1. The SMILES string of the molecule is CO[C@H]1/C=C/O[C@@]2(C)Oc3c(C)c(O)c4c(=O)c(c5oc6cc(N7CCC(NC(=O)CCCOc8ccc(/C(C)=N/NC(=O)CCN9C(=O)C=CC9=O)cc8)CC7)cc(=O)c6nc5c4c3=C2O)NC(=O)/C(C)=C\C=C\[C@H](C)C[C@@H](C)C[C@@H](C)[C@H](OC(C)=O)[C@@H]1C. The van der Waals surface area contributed by atoms with Crippen LogP contribution in [0.15, 0.2) is 104 Å². The van der Waals surface area contributed by atoms with Crippen molar-refractivity contribution in [1.82, 2.24) is 20.6 Å². The first-order valence-corrected chi connectivity index (χ1v) is 30.3. The van der Waals surface area contributed by atoms with E-state index in [0.29, 0.717) is 49.5 Å². The van der Waals surface area contributed by atoms with Crippen molar-refractivity contribution in [3.63, 3.8) is 0 Å². The summed E-state index contributed by atoms with van der Waals surface area (Å²) in [5.41, 5.74) is 2.12. The van der Waals surface area contributed by atoms with Gasteiger partial charge in [0.2, 0.25) is 22.7 Å². The van der Waals surface area contributed by atoms with Crippen LogP contribution in [0.2, 0.25) is 0 Å². The molecule has 476 valence electrons. The number of imide groups is 1. The zero-order valence-corrected chi connectivity index (χ0v) is 52.2. The third-order valence-electron chi connectivity index (χ3n) is 17.0. The summed E-state index contributed by atoms with van der Waals surface area (Å²) in [4.78, 5) is 113. The van der Waals surface area contributed by atoms with Crippen molar-refractivity contribution in [3.05, 3.63) is 121 Å². The normalized spacial score (nSPS) is 24.2. The number of hydrazone groups is 1. The second-order valence-electron chi connectivity index (χ2n) is 24.0. The van der Waals surface area contributed by atoms with Gasteiger partial charge in [0, 0.05) is 112 Å². The molecule has 5 amide bonds. The molecule has 1 aromatic heterocycles. The molecule has 90 heavy (non-hydrogen) atoms. The van der Waals surface area contributed by atoms with E-state index in [2.05, 4.69) is 35.0 Å². The lowest BCUT2D eigenvalue weighted by molar-refractivity contribution is -0.155. The highest BCUT2D eigenvalue weighted by atomic mass is 16.7. The molecule has 23 nitrogen and oxygen atoms in total. The Morgan fingerprint density at radius 3 is 2.30 bits per heavy atom. The molecule has 0 radical (unpaired) electrons. The van der Waals surface area contributed by atoms with Crippen molar-refractivity contribution in [2.75, 3.05) is 43.6 Å². The summed E-state index contributed by atoms with van der Waals surface area (Å²) in [6.45, 7) is 16.9. The number of aliphatic hydroxyl groups excluding tert-OH is 1. The molecular formula is C67H77N7O16. The van der Waals surface area contributed by atoms with E-state index in [1.165, 1.54) is 40.2 Å². The van der Waals surface area contributed by atoms with Gasteiger partial charge in [-0.25, -0.2) is 10.4 Å². The minimum atomic E-state index is -1.97. The molecule has 4 aromatic carbocycles. The molecule has 5 aromatic rings. The van der Waals surface area contributed by atoms with Crippen LogP contribution >= 0.6 is 0 Å². The number of piperidine rings is 1. The number of rotatable bonds is 14. The molecule has 1 saturated heterocycles. The van der Waals surface area contributed by atoms with Crippen molar-refractivity contribution in [1.29, 1.82) is 0 Å². The van der Waals surface area contributed by atoms with Crippen LogP contribution in [0.25, 0.3) is 38.7 Å². The zero-order valence-electron chi connectivity index (χ0n) is 52.2. The lowest BCUT2D eigenvalue weighted by Crippen LogP contribution is -2.44. The Kier molecular flexibility index (Phi) is 19.9.